The number of aliphatic hydroxyl groups is 1. The largest absolute Gasteiger partial charge is 0.390 e. The third-order valence-electron chi connectivity index (χ3n) is 2.23. The second kappa shape index (κ2) is 4.99. The first-order valence-corrected chi connectivity index (χ1v) is 5.49. The van der Waals surface area contributed by atoms with Crippen LogP contribution in [0, 0.1) is 5.41 Å². The maximum Gasteiger partial charge on any atom is 0.0624 e. The van der Waals surface area contributed by atoms with Crippen LogP contribution in [0.5, 0.6) is 0 Å². The Balaban J connectivity index is 3.80. The van der Waals surface area contributed by atoms with Gasteiger partial charge in [0.25, 0.3) is 0 Å². The molecule has 0 aliphatic carbocycles. The van der Waals surface area contributed by atoms with Crippen molar-refractivity contribution in [2.45, 2.75) is 72.3 Å². The lowest BCUT2D eigenvalue weighted by Gasteiger charge is -2.31. The van der Waals surface area contributed by atoms with E-state index in [1.807, 2.05) is 6.92 Å². The van der Waals surface area contributed by atoms with Gasteiger partial charge in [-0.05, 0) is 25.2 Å². The van der Waals surface area contributed by atoms with E-state index >= 15 is 0 Å². The van der Waals surface area contributed by atoms with Crippen LogP contribution in [-0.4, -0.2) is 10.7 Å². The number of unbranched alkanes of at least 4 members (excludes halogenated alkanes) is 2. The fourth-order valence-electron chi connectivity index (χ4n) is 1.99. The molecule has 13 heavy (non-hydrogen) atoms. The van der Waals surface area contributed by atoms with E-state index in [1.165, 1.54) is 12.8 Å². The minimum atomic E-state index is -0.465. The molecule has 0 aliphatic rings. The van der Waals surface area contributed by atoms with Gasteiger partial charge in [0.1, 0.15) is 0 Å². The molecular weight excluding hydrogens is 160 g/mol. The Morgan fingerprint density at radius 1 is 1.00 bits per heavy atom. The van der Waals surface area contributed by atoms with Crippen molar-refractivity contribution in [1.29, 1.82) is 0 Å². The number of hydrogen-bond acceptors (Lipinski definition) is 1. The lowest BCUT2D eigenvalue weighted by atomic mass is 9.80. The summed E-state index contributed by atoms with van der Waals surface area (Å²) in [6.07, 6.45) is 5.45. The second-order valence-corrected chi connectivity index (χ2v) is 5.69. The van der Waals surface area contributed by atoms with Crippen LogP contribution in [0.4, 0.5) is 0 Å². The van der Waals surface area contributed by atoms with Crippen molar-refractivity contribution in [1.82, 2.24) is 0 Å². The zero-order chi connectivity index (χ0) is 10.5. The molecule has 1 N–H and O–H groups in total. The quantitative estimate of drug-likeness (QED) is 0.648. The summed E-state index contributed by atoms with van der Waals surface area (Å²) >= 11 is 0. The van der Waals surface area contributed by atoms with Gasteiger partial charge in [0.05, 0.1) is 5.60 Å². The van der Waals surface area contributed by atoms with E-state index in [0.717, 1.165) is 19.3 Å². The minimum Gasteiger partial charge on any atom is -0.390 e. The standard InChI is InChI=1S/C12H26O/c1-6-7-8-9-12(5,13)10-11(2,3)4/h13H,6-10H2,1-5H3. The topological polar surface area (TPSA) is 20.2 Å². The van der Waals surface area contributed by atoms with Crippen LogP contribution in [0.2, 0.25) is 0 Å². The normalized spacial score (nSPS) is 17.1. The average molecular weight is 186 g/mol. The molecule has 0 fully saturated rings. The van der Waals surface area contributed by atoms with Gasteiger partial charge in [-0.15, -0.1) is 0 Å². The highest BCUT2D eigenvalue weighted by atomic mass is 16.3. The third kappa shape index (κ3) is 8.29. The van der Waals surface area contributed by atoms with Gasteiger partial charge < -0.3 is 5.11 Å². The minimum absolute atomic E-state index is 0.232. The Morgan fingerprint density at radius 2 is 1.54 bits per heavy atom. The molecular formula is C12H26O. The van der Waals surface area contributed by atoms with E-state index < -0.39 is 5.60 Å². The molecule has 0 amide bonds. The maximum atomic E-state index is 10.1. The Morgan fingerprint density at radius 3 is 1.92 bits per heavy atom. The SMILES string of the molecule is CCCCCC(C)(O)CC(C)(C)C. The summed E-state index contributed by atoms with van der Waals surface area (Å²) < 4.78 is 0. The van der Waals surface area contributed by atoms with Crippen molar-refractivity contribution < 1.29 is 5.11 Å². The summed E-state index contributed by atoms with van der Waals surface area (Å²) in [4.78, 5) is 0. The average Bonchev–Trinajstić information content (AvgIpc) is 1.81. The van der Waals surface area contributed by atoms with E-state index in [9.17, 15) is 5.11 Å². The molecule has 1 heteroatoms. The molecule has 0 spiro atoms. The van der Waals surface area contributed by atoms with E-state index in [-0.39, 0.29) is 5.41 Å². The van der Waals surface area contributed by atoms with Crippen LogP contribution in [0.25, 0.3) is 0 Å². The van der Waals surface area contributed by atoms with Crippen LogP contribution in [0.3, 0.4) is 0 Å². The molecule has 0 aliphatic heterocycles. The maximum absolute atomic E-state index is 10.1. The molecule has 0 saturated carbocycles. The second-order valence-electron chi connectivity index (χ2n) is 5.69. The summed E-state index contributed by atoms with van der Waals surface area (Å²) in [6.45, 7) is 10.7. The molecule has 80 valence electrons. The van der Waals surface area contributed by atoms with Crippen LogP contribution in [-0.2, 0) is 0 Å². The highest BCUT2D eigenvalue weighted by Crippen LogP contribution is 2.30. The van der Waals surface area contributed by atoms with Crippen molar-refractivity contribution in [2.75, 3.05) is 0 Å². The summed E-state index contributed by atoms with van der Waals surface area (Å²) in [6, 6.07) is 0. The van der Waals surface area contributed by atoms with Gasteiger partial charge in [-0.2, -0.15) is 0 Å². The first-order valence-electron chi connectivity index (χ1n) is 5.49. The van der Waals surface area contributed by atoms with E-state index in [1.54, 1.807) is 0 Å². The molecule has 0 aromatic carbocycles. The zero-order valence-electron chi connectivity index (χ0n) is 9.98. The van der Waals surface area contributed by atoms with Crippen molar-refractivity contribution in [3.8, 4) is 0 Å². The summed E-state index contributed by atoms with van der Waals surface area (Å²) in [7, 11) is 0. The predicted molar refractivity (Wildman–Crippen MR) is 58.8 cm³/mol. The molecule has 0 rings (SSSR count). The molecule has 1 nitrogen and oxygen atoms in total. The van der Waals surface area contributed by atoms with Crippen molar-refractivity contribution >= 4 is 0 Å². The van der Waals surface area contributed by atoms with Crippen LogP contribution >= 0.6 is 0 Å². The molecule has 0 radical (unpaired) electrons. The molecule has 0 heterocycles. The fraction of sp³-hybridized carbons (Fsp3) is 1.00. The lowest BCUT2D eigenvalue weighted by Crippen LogP contribution is -2.30. The molecule has 0 saturated heterocycles. The Bertz CT molecular complexity index is 131. The number of hydrogen-bond donors (Lipinski definition) is 1. The van der Waals surface area contributed by atoms with E-state index in [4.69, 9.17) is 0 Å². The van der Waals surface area contributed by atoms with Gasteiger partial charge >= 0.3 is 0 Å². The van der Waals surface area contributed by atoms with Gasteiger partial charge in [0.15, 0.2) is 0 Å². The first-order chi connectivity index (χ1) is 5.77. The van der Waals surface area contributed by atoms with Crippen LogP contribution in [0.1, 0.15) is 66.7 Å². The first kappa shape index (κ1) is 13.0. The van der Waals surface area contributed by atoms with Crippen molar-refractivity contribution in [3.05, 3.63) is 0 Å². The van der Waals surface area contributed by atoms with Gasteiger partial charge in [-0.3, -0.25) is 0 Å². The van der Waals surface area contributed by atoms with Crippen molar-refractivity contribution in [3.63, 3.8) is 0 Å². The Kier molecular flexibility index (Phi) is 4.98. The molecule has 0 aromatic heterocycles. The predicted octanol–water partition coefficient (Wildman–Crippen LogP) is 3.75. The zero-order valence-corrected chi connectivity index (χ0v) is 9.98. The number of rotatable bonds is 5. The fourth-order valence-corrected chi connectivity index (χ4v) is 1.99. The smallest absolute Gasteiger partial charge is 0.0624 e. The van der Waals surface area contributed by atoms with Gasteiger partial charge in [0.2, 0.25) is 0 Å². The van der Waals surface area contributed by atoms with Gasteiger partial charge in [-0.1, -0.05) is 47.0 Å². The Labute approximate surface area is 83.5 Å². The molecule has 1 unspecified atom stereocenters. The summed E-state index contributed by atoms with van der Waals surface area (Å²) in [5.74, 6) is 0. The molecule has 0 aromatic rings. The summed E-state index contributed by atoms with van der Waals surface area (Å²) in [5.41, 5.74) is -0.233. The summed E-state index contributed by atoms with van der Waals surface area (Å²) in [5, 5.41) is 10.1. The third-order valence-corrected chi connectivity index (χ3v) is 2.23. The highest BCUT2D eigenvalue weighted by Gasteiger charge is 2.26. The molecule has 0 bridgehead atoms. The monoisotopic (exact) mass is 186 g/mol. The van der Waals surface area contributed by atoms with E-state index in [0.29, 0.717) is 0 Å². The lowest BCUT2D eigenvalue weighted by molar-refractivity contribution is 0.00930. The van der Waals surface area contributed by atoms with Gasteiger partial charge in [-0.25, -0.2) is 0 Å². The molecule has 1 atom stereocenters. The van der Waals surface area contributed by atoms with E-state index in [2.05, 4.69) is 27.7 Å². The van der Waals surface area contributed by atoms with Crippen LogP contribution in [0.15, 0.2) is 0 Å². The van der Waals surface area contributed by atoms with Gasteiger partial charge in [0, 0.05) is 0 Å². The van der Waals surface area contributed by atoms with Crippen LogP contribution < -0.4 is 0 Å². The Hall–Kier alpha value is -0.0400. The van der Waals surface area contributed by atoms with Crippen molar-refractivity contribution in [2.24, 2.45) is 5.41 Å². The highest BCUT2D eigenvalue weighted by molar-refractivity contribution is 4.79.